The first-order valence-corrected chi connectivity index (χ1v) is 7.26. The molecule has 8 heteroatoms. The Hall–Kier alpha value is -0.790. The normalized spacial score (nSPS) is 10.4. The van der Waals surface area contributed by atoms with Gasteiger partial charge in [-0.15, -0.1) is 0 Å². The van der Waals surface area contributed by atoms with E-state index in [0.717, 1.165) is 24.5 Å². The first kappa shape index (κ1) is 15.3. The molecule has 0 aliphatic carbocycles. The number of rotatable bonds is 9. The zero-order valence-electron chi connectivity index (χ0n) is 10.2. The number of nitrogens with zero attached hydrogens (tertiary/aromatic N) is 3. The van der Waals surface area contributed by atoms with Crippen LogP contribution in [0.2, 0.25) is 5.28 Å². The predicted molar refractivity (Wildman–Crippen MR) is 73.5 cm³/mol. The highest BCUT2D eigenvalue weighted by molar-refractivity contribution is 7.99. The Kier molecular flexibility index (Phi) is 7.79. The van der Waals surface area contributed by atoms with Gasteiger partial charge < -0.3 is 15.2 Å². The van der Waals surface area contributed by atoms with Crippen LogP contribution in [0.4, 0.5) is 5.95 Å². The molecule has 18 heavy (non-hydrogen) atoms. The van der Waals surface area contributed by atoms with Crippen LogP contribution >= 0.6 is 23.4 Å². The molecule has 0 aromatic carbocycles. The fraction of sp³-hybridized carbons (Fsp3) is 0.700. The van der Waals surface area contributed by atoms with Crippen molar-refractivity contribution in [2.24, 2.45) is 0 Å². The largest absolute Gasteiger partial charge is 0.464 e. The molecule has 0 spiro atoms. The third-order valence-electron chi connectivity index (χ3n) is 1.84. The van der Waals surface area contributed by atoms with E-state index in [2.05, 4.69) is 20.3 Å². The number of hydrogen-bond donors (Lipinski definition) is 2. The van der Waals surface area contributed by atoms with Gasteiger partial charge in [-0.2, -0.15) is 26.7 Å². The highest BCUT2D eigenvalue weighted by Crippen LogP contribution is 2.11. The van der Waals surface area contributed by atoms with Gasteiger partial charge >= 0.3 is 6.01 Å². The van der Waals surface area contributed by atoms with Gasteiger partial charge in [-0.25, -0.2) is 0 Å². The Morgan fingerprint density at radius 1 is 1.33 bits per heavy atom. The van der Waals surface area contributed by atoms with Crippen LogP contribution in [-0.2, 0) is 0 Å². The molecule has 0 aliphatic rings. The van der Waals surface area contributed by atoms with Gasteiger partial charge in [-0.1, -0.05) is 0 Å². The SMILES string of the molecule is CCOc1nc(Cl)nc(NCCSCCCO)n1. The number of nitrogens with one attached hydrogen (secondary N) is 1. The van der Waals surface area contributed by atoms with Crippen LogP contribution in [0.25, 0.3) is 0 Å². The average Bonchev–Trinajstić information content (AvgIpc) is 2.33. The van der Waals surface area contributed by atoms with Gasteiger partial charge in [0, 0.05) is 18.9 Å². The minimum absolute atomic E-state index is 0.115. The van der Waals surface area contributed by atoms with E-state index in [1.807, 2.05) is 6.92 Å². The number of halogens is 1. The molecule has 2 N–H and O–H groups in total. The molecule has 0 bridgehead atoms. The molecule has 6 nitrogen and oxygen atoms in total. The zero-order chi connectivity index (χ0) is 13.2. The van der Waals surface area contributed by atoms with Crippen LogP contribution in [0.5, 0.6) is 6.01 Å². The number of ether oxygens (including phenoxy) is 1. The van der Waals surface area contributed by atoms with Crippen LogP contribution in [0.1, 0.15) is 13.3 Å². The smallest absolute Gasteiger partial charge is 0.322 e. The standard InChI is InChI=1S/C10H17ClN4O2S/c1-2-17-10-14-8(11)13-9(15-10)12-4-7-18-6-3-5-16/h16H,2-7H2,1H3,(H,12,13,14,15). The quantitative estimate of drug-likeness (QED) is 0.667. The van der Waals surface area contributed by atoms with Gasteiger partial charge in [0.25, 0.3) is 0 Å². The third kappa shape index (κ3) is 6.23. The summed E-state index contributed by atoms with van der Waals surface area (Å²) in [6.45, 7) is 3.29. The van der Waals surface area contributed by atoms with Crippen LogP contribution in [0.15, 0.2) is 0 Å². The number of anilines is 1. The molecule has 1 aromatic heterocycles. The maximum Gasteiger partial charge on any atom is 0.322 e. The van der Waals surface area contributed by atoms with Crippen LogP contribution in [0, 0.1) is 0 Å². The lowest BCUT2D eigenvalue weighted by atomic mass is 10.5. The molecule has 0 unspecified atom stereocenters. The summed E-state index contributed by atoms with van der Waals surface area (Å²) in [5.41, 5.74) is 0. The second-order valence-corrected chi connectivity index (χ2v) is 4.82. The van der Waals surface area contributed by atoms with Crippen molar-refractivity contribution in [2.75, 3.05) is 36.6 Å². The Morgan fingerprint density at radius 3 is 2.89 bits per heavy atom. The van der Waals surface area contributed by atoms with Gasteiger partial charge in [0.15, 0.2) is 0 Å². The second-order valence-electron chi connectivity index (χ2n) is 3.26. The van der Waals surface area contributed by atoms with Gasteiger partial charge in [-0.3, -0.25) is 0 Å². The highest BCUT2D eigenvalue weighted by Gasteiger charge is 2.04. The Morgan fingerprint density at radius 2 is 2.17 bits per heavy atom. The van der Waals surface area contributed by atoms with E-state index in [-0.39, 0.29) is 17.9 Å². The van der Waals surface area contributed by atoms with Crippen LogP contribution in [-0.4, -0.2) is 51.3 Å². The van der Waals surface area contributed by atoms with Gasteiger partial charge in [-0.05, 0) is 30.7 Å². The van der Waals surface area contributed by atoms with Crippen molar-refractivity contribution >= 4 is 29.3 Å². The molecule has 1 heterocycles. The summed E-state index contributed by atoms with van der Waals surface area (Å²) in [6.07, 6.45) is 0.816. The number of hydrogen-bond acceptors (Lipinski definition) is 7. The van der Waals surface area contributed by atoms with E-state index in [1.165, 1.54) is 0 Å². The minimum Gasteiger partial charge on any atom is -0.464 e. The first-order chi connectivity index (χ1) is 8.76. The molecule has 0 amide bonds. The first-order valence-electron chi connectivity index (χ1n) is 5.73. The molecule has 0 saturated carbocycles. The van der Waals surface area contributed by atoms with E-state index in [1.54, 1.807) is 11.8 Å². The lowest BCUT2D eigenvalue weighted by Gasteiger charge is -2.06. The Balaban J connectivity index is 2.32. The molecular weight excluding hydrogens is 276 g/mol. The van der Waals surface area contributed by atoms with Crippen LogP contribution < -0.4 is 10.1 Å². The number of thioether (sulfide) groups is 1. The molecule has 0 saturated heterocycles. The monoisotopic (exact) mass is 292 g/mol. The van der Waals surface area contributed by atoms with E-state index in [9.17, 15) is 0 Å². The fourth-order valence-corrected chi connectivity index (χ4v) is 2.04. The molecule has 0 atom stereocenters. The van der Waals surface area contributed by atoms with Crippen molar-refractivity contribution in [1.82, 2.24) is 15.0 Å². The summed E-state index contributed by atoms with van der Waals surface area (Å²) >= 11 is 7.51. The second kappa shape index (κ2) is 9.18. The summed E-state index contributed by atoms with van der Waals surface area (Å²) in [5, 5.41) is 11.8. The molecule has 102 valence electrons. The molecule has 1 rings (SSSR count). The lowest BCUT2D eigenvalue weighted by Crippen LogP contribution is -2.10. The van der Waals surface area contributed by atoms with Crippen molar-refractivity contribution in [3.63, 3.8) is 0 Å². The van der Waals surface area contributed by atoms with Crippen molar-refractivity contribution in [3.8, 4) is 6.01 Å². The zero-order valence-corrected chi connectivity index (χ0v) is 11.8. The third-order valence-corrected chi connectivity index (χ3v) is 3.08. The van der Waals surface area contributed by atoms with Crippen molar-refractivity contribution < 1.29 is 9.84 Å². The highest BCUT2D eigenvalue weighted by atomic mass is 35.5. The minimum atomic E-state index is 0.115. The molecule has 1 aromatic rings. The van der Waals surface area contributed by atoms with Crippen molar-refractivity contribution in [2.45, 2.75) is 13.3 Å². The summed E-state index contributed by atoms with van der Waals surface area (Å²) in [4.78, 5) is 11.9. The Bertz CT molecular complexity index is 357. The van der Waals surface area contributed by atoms with E-state index in [4.69, 9.17) is 21.4 Å². The maximum atomic E-state index is 8.63. The number of aromatic nitrogens is 3. The fourth-order valence-electron chi connectivity index (χ4n) is 1.11. The summed E-state index contributed by atoms with van der Waals surface area (Å²) in [6, 6.07) is 0.230. The van der Waals surface area contributed by atoms with E-state index < -0.39 is 0 Å². The molecular formula is C10H17ClN4O2S. The average molecular weight is 293 g/mol. The number of aliphatic hydroxyl groups is 1. The van der Waals surface area contributed by atoms with Crippen molar-refractivity contribution in [3.05, 3.63) is 5.28 Å². The van der Waals surface area contributed by atoms with Gasteiger partial charge in [0.05, 0.1) is 6.61 Å². The topological polar surface area (TPSA) is 80.2 Å². The van der Waals surface area contributed by atoms with Crippen molar-refractivity contribution in [1.29, 1.82) is 0 Å². The number of aliphatic hydroxyl groups excluding tert-OH is 1. The summed E-state index contributed by atoms with van der Waals surface area (Å²) in [5.74, 6) is 2.27. The van der Waals surface area contributed by atoms with Crippen LogP contribution in [0.3, 0.4) is 0 Å². The molecule has 0 radical (unpaired) electrons. The predicted octanol–water partition coefficient (Wildman–Crippen LogP) is 1.45. The Labute approximate surface area is 116 Å². The summed E-state index contributed by atoms with van der Waals surface area (Å²) < 4.78 is 5.17. The van der Waals surface area contributed by atoms with Gasteiger partial charge in [0.2, 0.25) is 11.2 Å². The van der Waals surface area contributed by atoms with E-state index in [0.29, 0.717) is 12.6 Å². The van der Waals surface area contributed by atoms with Gasteiger partial charge in [0.1, 0.15) is 0 Å². The maximum absolute atomic E-state index is 8.63. The molecule has 0 fully saturated rings. The summed E-state index contributed by atoms with van der Waals surface area (Å²) in [7, 11) is 0. The lowest BCUT2D eigenvalue weighted by molar-refractivity contribution is 0.296. The molecule has 0 aliphatic heterocycles. The van der Waals surface area contributed by atoms with E-state index >= 15 is 0 Å².